The molecule has 0 bridgehead atoms. The maximum absolute atomic E-state index is 6.00. The second kappa shape index (κ2) is 8.81. The summed E-state index contributed by atoms with van der Waals surface area (Å²) in [6.07, 6.45) is 6.19. The first-order valence-corrected chi connectivity index (χ1v) is 7.26. The van der Waals surface area contributed by atoms with E-state index in [2.05, 4.69) is 6.92 Å². The van der Waals surface area contributed by atoms with Crippen molar-refractivity contribution < 1.29 is 9.47 Å². The van der Waals surface area contributed by atoms with Crippen LogP contribution in [0.1, 0.15) is 57.6 Å². The summed E-state index contributed by atoms with van der Waals surface area (Å²) < 4.78 is 11.2. The van der Waals surface area contributed by atoms with E-state index in [4.69, 9.17) is 15.2 Å². The highest BCUT2D eigenvalue weighted by Gasteiger charge is 2.13. The van der Waals surface area contributed by atoms with Crippen LogP contribution in [-0.2, 0) is 0 Å². The van der Waals surface area contributed by atoms with Crippen LogP contribution in [0.4, 0.5) is 0 Å². The highest BCUT2D eigenvalue weighted by Crippen LogP contribution is 2.32. The Morgan fingerprint density at radius 1 is 1.11 bits per heavy atom. The first-order chi connectivity index (χ1) is 9.20. The lowest BCUT2D eigenvalue weighted by atomic mass is 10.1. The van der Waals surface area contributed by atoms with Gasteiger partial charge < -0.3 is 15.2 Å². The lowest BCUT2D eigenvalue weighted by Gasteiger charge is -2.17. The molecule has 0 amide bonds. The van der Waals surface area contributed by atoms with Gasteiger partial charge in [-0.25, -0.2) is 0 Å². The Bertz CT molecular complexity index is 364. The molecule has 19 heavy (non-hydrogen) atoms. The van der Waals surface area contributed by atoms with E-state index in [1.165, 1.54) is 25.7 Å². The maximum Gasteiger partial charge on any atom is 0.127 e. The molecule has 2 N–H and O–H groups in total. The number of benzene rings is 1. The van der Waals surface area contributed by atoms with Crippen LogP contribution in [0.2, 0.25) is 0 Å². The van der Waals surface area contributed by atoms with Crippen LogP contribution in [0.3, 0.4) is 0 Å². The smallest absolute Gasteiger partial charge is 0.127 e. The summed E-state index contributed by atoms with van der Waals surface area (Å²) in [7, 11) is 1.66. The summed E-state index contributed by atoms with van der Waals surface area (Å²) in [6.45, 7) is 4.92. The molecular formula is C16H27NO2. The summed E-state index contributed by atoms with van der Waals surface area (Å²) in [5.74, 6) is 1.66. The Kier molecular flexibility index (Phi) is 7.34. The molecule has 0 heterocycles. The van der Waals surface area contributed by atoms with Gasteiger partial charge in [-0.1, -0.05) is 38.7 Å². The van der Waals surface area contributed by atoms with E-state index in [9.17, 15) is 0 Å². The Morgan fingerprint density at radius 2 is 1.79 bits per heavy atom. The minimum absolute atomic E-state index is 0.0914. The van der Waals surface area contributed by atoms with Crippen molar-refractivity contribution in [2.24, 2.45) is 5.73 Å². The third-order valence-electron chi connectivity index (χ3n) is 3.21. The molecule has 1 rings (SSSR count). The third kappa shape index (κ3) is 5.11. The molecule has 0 fully saturated rings. The zero-order valence-electron chi connectivity index (χ0n) is 12.4. The molecule has 0 saturated heterocycles. The summed E-state index contributed by atoms with van der Waals surface area (Å²) in [4.78, 5) is 0. The van der Waals surface area contributed by atoms with Crippen molar-refractivity contribution >= 4 is 0 Å². The van der Waals surface area contributed by atoms with E-state index >= 15 is 0 Å². The largest absolute Gasteiger partial charge is 0.496 e. The molecule has 108 valence electrons. The minimum atomic E-state index is -0.0914. The minimum Gasteiger partial charge on any atom is -0.496 e. The van der Waals surface area contributed by atoms with Gasteiger partial charge in [0.25, 0.3) is 0 Å². The molecule has 1 unspecified atom stereocenters. The summed E-state index contributed by atoms with van der Waals surface area (Å²) >= 11 is 0. The molecule has 0 aromatic heterocycles. The number of ether oxygens (including phenoxy) is 2. The van der Waals surface area contributed by atoms with Crippen molar-refractivity contribution in [2.75, 3.05) is 13.7 Å². The van der Waals surface area contributed by atoms with Crippen molar-refractivity contribution in [3.8, 4) is 11.5 Å². The predicted molar refractivity (Wildman–Crippen MR) is 79.9 cm³/mol. The fraction of sp³-hybridized carbons (Fsp3) is 0.625. The topological polar surface area (TPSA) is 44.5 Å². The van der Waals surface area contributed by atoms with E-state index in [1.54, 1.807) is 7.11 Å². The summed E-state index contributed by atoms with van der Waals surface area (Å²) in [5, 5.41) is 0. The van der Waals surface area contributed by atoms with Gasteiger partial charge >= 0.3 is 0 Å². The average Bonchev–Trinajstić information content (AvgIpc) is 2.42. The lowest BCUT2D eigenvalue weighted by molar-refractivity contribution is 0.296. The van der Waals surface area contributed by atoms with Crippen LogP contribution in [0, 0.1) is 0 Å². The molecule has 1 atom stereocenters. The van der Waals surface area contributed by atoms with Crippen molar-refractivity contribution in [1.82, 2.24) is 0 Å². The van der Waals surface area contributed by atoms with Gasteiger partial charge in [0, 0.05) is 6.04 Å². The standard InChI is InChI=1S/C16H27NO2/c1-4-5-6-7-8-12-19-15-11-9-10-14(18-3)16(15)13(2)17/h9-11,13H,4-8,12,17H2,1-3H3. The van der Waals surface area contributed by atoms with Crippen molar-refractivity contribution in [2.45, 2.75) is 52.0 Å². The normalized spacial score (nSPS) is 12.2. The molecule has 0 spiro atoms. The molecule has 0 saturated carbocycles. The van der Waals surface area contributed by atoms with Gasteiger partial charge in [-0.3, -0.25) is 0 Å². The molecule has 0 aliphatic carbocycles. The Morgan fingerprint density at radius 3 is 2.42 bits per heavy atom. The zero-order chi connectivity index (χ0) is 14.1. The Hall–Kier alpha value is -1.22. The number of unbranched alkanes of at least 4 members (excludes halogenated alkanes) is 4. The van der Waals surface area contributed by atoms with Gasteiger partial charge in [0.15, 0.2) is 0 Å². The van der Waals surface area contributed by atoms with Crippen LogP contribution in [0.15, 0.2) is 18.2 Å². The van der Waals surface area contributed by atoms with E-state index in [0.29, 0.717) is 0 Å². The van der Waals surface area contributed by atoms with Crippen molar-refractivity contribution in [1.29, 1.82) is 0 Å². The van der Waals surface area contributed by atoms with Crippen LogP contribution in [0.5, 0.6) is 11.5 Å². The predicted octanol–water partition coefficient (Wildman–Crippen LogP) is 4.06. The van der Waals surface area contributed by atoms with Crippen LogP contribution in [0.25, 0.3) is 0 Å². The van der Waals surface area contributed by atoms with Crippen LogP contribution >= 0.6 is 0 Å². The lowest BCUT2D eigenvalue weighted by Crippen LogP contribution is -2.10. The van der Waals surface area contributed by atoms with E-state index in [-0.39, 0.29) is 6.04 Å². The van der Waals surface area contributed by atoms with Gasteiger partial charge in [0.05, 0.1) is 19.3 Å². The first-order valence-electron chi connectivity index (χ1n) is 7.26. The summed E-state index contributed by atoms with van der Waals surface area (Å²) in [5.41, 5.74) is 6.96. The fourth-order valence-corrected chi connectivity index (χ4v) is 2.16. The van der Waals surface area contributed by atoms with Crippen LogP contribution < -0.4 is 15.2 Å². The van der Waals surface area contributed by atoms with Gasteiger partial charge in [-0.15, -0.1) is 0 Å². The highest BCUT2D eigenvalue weighted by atomic mass is 16.5. The first kappa shape index (κ1) is 15.8. The molecule has 0 radical (unpaired) electrons. The van der Waals surface area contributed by atoms with Crippen LogP contribution in [-0.4, -0.2) is 13.7 Å². The molecule has 3 nitrogen and oxygen atoms in total. The van der Waals surface area contributed by atoms with E-state index < -0.39 is 0 Å². The maximum atomic E-state index is 6.00. The molecule has 0 aliphatic rings. The molecule has 0 aliphatic heterocycles. The number of rotatable bonds is 9. The number of methoxy groups -OCH3 is 1. The molecular weight excluding hydrogens is 238 g/mol. The van der Waals surface area contributed by atoms with E-state index in [1.807, 2.05) is 25.1 Å². The highest BCUT2D eigenvalue weighted by molar-refractivity contribution is 5.46. The summed E-state index contributed by atoms with van der Waals surface area (Å²) in [6, 6.07) is 5.74. The molecule has 1 aromatic rings. The quantitative estimate of drug-likeness (QED) is 0.685. The van der Waals surface area contributed by atoms with Gasteiger partial charge in [0.1, 0.15) is 11.5 Å². The number of hydrogen-bond donors (Lipinski definition) is 1. The van der Waals surface area contributed by atoms with E-state index in [0.717, 1.165) is 30.1 Å². The number of hydrogen-bond acceptors (Lipinski definition) is 3. The van der Waals surface area contributed by atoms with Crippen molar-refractivity contribution in [3.63, 3.8) is 0 Å². The molecule has 1 aromatic carbocycles. The zero-order valence-corrected chi connectivity index (χ0v) is 12.4. The number of nitrogens with two attached hydrogens (primary N) is 1. The fourth-order valence-electron chi connectivity index (χ4n) is 2.16. The third-order valence-corrected chi connectivity index (χ3v) is 3.21. The van der Waals surface area contributed by atoms with Gasteiger partial charge in [-0.05, 0) is 25.5 Å². The monoisotopic (exact) mass is 265 g/mol. The SMILES string of the molecule is CCCCCCCOc1cccc(OC)c1C(C)N. The Balaban J connectivity index is 2.53. The van der Waals surface area contributed by atoms with Gasteiger partial charge in [-0.2, -0.15) is 0 Å². The Labute approximate surface area is 117 Å². The second-order valence-corrected chi connectivity index (χ2v) is 4.92. The average molecular weight is 265 g/mol. The van der Waals surface area contributed by atoms with Gasteiger partial charge in [0.2, 0.25) is 0 Å². The van der Waals surface area contributed by atoms with Crippen molar-refractivity contribution in [3.05, 3.63) is 23.8 Å². The second-order valence-electron chi connectivity index (χ2n) is 4.92. The molecule has 3 heteroatoms.